The molecule has 6 rings (SSSR count). The van der Waals surface area contributed by atoms with E-state index < -0.39 is 15.7 Å². The van der Waals surface area contributed by atoms with Crippen molar-refractivity contribution in [1.29, 1.82) is 0 Å². The Hall–Kier alpha value is -5.04. The second-order valence-electron chi connectivity index (χ2n) is 9.95. The van der Waals surface area contributed by atoms with Gasteiger partial charge >= 0.3 is 0 Å². The molecule has 3 N–H and O–H groups in total. The van der Waals surface area contributed by atoms with Crippen molar-refractivity contribution in [2.45, 2.75) is 19.8 Å². The quantitative estimate of drug-likeness (QED) is 0.232. The molecule has 1 amide bonds. The van der Waals surface area contributed by atoms with Crippen LogP contribution in [-0.2, 0) is 21.1 Å². The van der Waals surface area contributed by atoms with Gasteiger partial charge in [0.05, 0.1) is 52.3 Å². The van der Waals surface area contributed by atoms with Gasteiger partial charge in [-0.1, -0.05) is 13.0 Å². The first-order chi connectivity index (χ1) is 20.2. The van der Waals surface area contributed by atoms with Gasteiger partial charge in [0.1, 0.15) is 21.3 Å². The van der Waals surface area contributed by atoms with Crippen molar-refractivity contribution in [2.75, 3.05) is 17.3 Å². The Labute approximate surface area is 239 Å². The third-order valence-corrected chi connectivity index (χ3v) is 7.68. The van der Waals surface area contributed by atoms with Gasteiger partial charge < -0.3 is 10.3 Å². The minimum atomic E-state index is -3.20. The molecule has 0 aliphatic carbocycles. The van der Waals surface area contributed by atoms with Crippen LogP contribution in [0.2, 0.25) is 0 Å². The number of nitrogens with one attached hydrogen (secondary N) is 3. The minimum absolute atomic E-state index is 0.0816. The number of H-pyrrole nitrogens is 2. The highest BCUT2D eigenvalue weighted by Crippen LogP contribution is 2.33. The number of halogens is 1. The number of imidazole rings is 1. The maximum Gasteiger partial charge on any atom is 0.224 e. The number of rotatable bonds is 8. The molecular formula is C29H25FN8O3S. The molecule has 1 aromatic carbocycles. The molecule has 0 atom stereocenters. The van der Waals surface area contributed by atoms with Gasteiger partial charge in [-0.25, -0.2) is 17.8 Å². The van der Waals surface area contributed by atoms with Gasteiger partial charge in [0.15, 0.2) is 5.82 Å². The van der Waals surface area contributed by atoms with Crippen molar-refractivity contribution in [3.63, 3.8) is 0 Å². The lowest BCUT2D eigenvalue weighted by molar-refractivity contribution is -0.115. The van der Waals surface area contributed by atoms with Crippen molar-refractivity contribution in [3.8, 4) is 33.9 Å². The number of aromatic amines is 2. The largest absolute Gasteiger partial charge is 0.335 e. The van der Waals surface area contributed by atoms with E-state index in [2.05, 4.69) is 35.5 Å². The van der Waals surface area contributed by atoms with Crippen LogP contribution in [0, 0.1) is 5.82 Å². The van der Waals surface area contributed by atoms with Crippen LogP contribution in [0.5, 0.6) is 0 Å². The Morgan fingerprint density at radius 3 is 2.62 bits per heavy atom. The molecule has 0 fully saturated rings. The maximum atomic E-state index is 14.6. The van der Waals surface area contributed by atoms with Gasteiger partial charge in [-0.05, 0) is 41.8 Å². The molecule has 0 aliphatic rings. The summed E-state index contributed by atoms with van der Waals surface area (Å²) >= 11 is 0. The Kier molecular flexibility index (Phi) is 6.94. The SMILES string of the molecule is CCC(=O)Nc1cncc(-c2cc3c(-c4nc5c(-c6cc(F)cc(CCS(C)(=O)=O)c6)cncc5[nH]4)n[nH]c3cn2)c1. The topological polar surface area (TPSA) is 159 Å². The van der Waals surface area contributed by atoms with E-state index in [0.29, 0.717) is 68.1 Å². The molecule has 6 aromatic rings. The zero-order chi connectivity index (χ0) is 29.4. The van der Waals surface area contributed by atoms with E-state index in [4.69, 9.17) is 4.98 Å². The number of carbonyl (C=O) groups is 1. The molecule has 5 aromatic heterocycles. The first-order valence-corrected chi connectivity index (χ1v) is 15.1. The molecule has 0 aliphatic heterocycles. The van der Waals surface area contributed by atoms with Crippen molar-refractivity contribution in [2.24, 2.45) is 0 Å². The monoisotopic (exact) mass is 584 g/mol. The van der Waals surface area contributed by atoms with Crippen LogP contribution in [0.3, 0.4) is 0 Å². The fourth-order valence-corrected chi connectivity index (χ4v) is 5.27. The van der Waals surface area contributed by atoms with Crippen molar-refractivity contribution in [1.82, 2.24) is 35.1 Å². The predicted octanol–water partition coefficient (Wildman–Crippen LogP) is 4.70. The van der Waals surface area contributed by atoms with E-state index in [1.807, 2.05) is 6.07 Å². The first kappa shape index (κ1) is 27.1. The predicted molar refractivity (Wildman–Crippen MR) is 158 cm³/mol. The van der Waals surface area contributed by atoms with E-state index in [9.17, 15) is 17.6 Å². The van der Waals surface area contributed by atoms with Gasteiger partial charge in [0.25, 0.3) is 0 Å². The van der Waals surface area contributed by atoms with Crippen LogP contribution in [0.1, 0.15) is 18.9 Å². The van der Waals surface area contributed by atoms with Crippen LogP contribution in [0.25, 0.3) is 55.8 Å². The lowest BCUT2D eigenvalue weighted by atomic mass is 10.0. The zero-order valence-electron chi connectivity index (χ0n) is 22.6. The molecule has 0 saturated carbocycles. The van der Waals surface area contributed by atoms with Crippen LogP contribution in [0.15, 0.2) is 61.3 Å². The molecule has 0 unspecified atom stereocenters. The van der Waals surface area contributed by atoms with E-state index in [1.165, 1.54) is 12.1 Å². The van der Waals surface area contributed by atoms with Gasteiger partial charge in [-0.15, -0.1) is 0 Å². The summed E-state index contributed by atoms with van der Waals surface area (Å²) < 4.78 is 37.9. The molecule has 212 valence electrons. The Morgan fingerprint density at radius 1 is 0.976 bits per heavy atom. The van der Waals surface area contributed by atoms with Crippen LogP contribution >= 0.6 is 0 Å². The Bertz CT molecular complexity index is 2090. The maximum absolute atomic E-state index is 14.6. The smallest absolute Gasteiger partial charge is 0.224 e. The minimum Gasteiger partial charge on any atom is -0.335 e. The molecule has 0 radical (unpaired) electrons. The van der Waals surface area contributed by atoms with Gasteiger partial charge in [0.2, 0.25) is 5.91 Å². The summed E-state index contributed by atoms with van der Waals surface area (Å²) in [6.45, 7) is 1.77. The highest BCUT2D eigenvalue weighted by atomic mass is 32.2. The number of hydrogen-bond acceptors (Lipinski definition) is 8. The van der Waals surface area contributed by atoms with E-state index >= 15 is 0 Å². The number of aromatic nitrogens is 7. The number of fused-ring (bicyclic) bond motifs is 2. The fraction of sp³-hybridized carbons (Fsp3) is 0.172. The second-order valence-corrected chi connectivity index (χ2v) is 12.2. The van der Waals surface area contributed by atoms with Crippen molar-refractivity contribution < 1.29 is 17.6 Å². The first-order valence-electron chi connectivity index (χ1n) is 13.1. The molecule has 0 saturated heterocycles. The summed E-state index contributed by atoms with van der Waals surface area (Å²) in [6, 6.07) is 8.14. The summed E-state index contributed by atoms with van der Waals surface area (Å²) in [5, 5.41) is 11.0. The third kappa shape index (κ3) is 5.59. The lowest BCUT2D eigenvalue weighted by Gasteiger charge is -2.07. The number of hydrogen-bond donors (Lipinski definition) is 3. The fourth-order valence-electron chi connectivity index (χ4n) is 4.66. The van der Waals surface area contributed by atoms with Crippen molar-refractivity contribution >= 4 is 43.4 Å². The second kappa shape index (κ2) is 10.7. The average molecular weight is 585 g/mol. The number of amides is 1. The molecular weight excluding hydrogens is 559 g/mol. The number of anilines is 1. The number of sulfone groups is 1. The summed E-state index contributed by atoms with van der Waals surface area (Å²) in [5.74, 6) is -0.202. The third-order valence-electron chi connectivity index (χ3n) is 6.73. The summed E-state index contributed by atoms with van der Waals surface area (Å²) in [7, 11) is -3.20. The lowest BCUT2D eigenvalue weighted by Crippen LogP contribution is -2.09. The highest BCUT2D eigenvalue weighted by molar-refractivity contribution is 7.90. The van der Waals surface area contributed by atoms with E-state index in [1.54, 1.807) is 50.0 Å². The van der Waals surface area contributed by atoms with Gasteiger partial charge in [0, 0.05) is 41.6 Å². The number of carbonyl (C=O) groups excluding carboxylic acids is 1. The summed E-state index contributed by atoms with van der Waals surface area (Å²) in [5.41, 5.74) is 6.04. The molecule has 42 heavy (non-hydrogen) atoms. The molecule has 11 nitrogen and oxygen atoms in total. The van der Waals surface area contributed by atoms with E-state index in [-0.39, 0.29) is 18.1 Å². The standard InChI is InChI=1S/C29H25FN8O3S/c1-3-26(39)34-20-9-18(11-31-12-20)23-10-21-24(15-33-23)37-38-28(21)29-35-25-14-32-13-22(27(25)36-29)17-6-16(7-19(30)8-17)4-5-42(2,40)41/h6-15H,3-5H2,1-2H3,(H,34,39)(H,35,36)(H,37,38). The number of pyridine rings is 3. The van der Waals surface area contributed by atoms with Crippen LogP contribution in [0.4, 0.5) is 10.1 Å². The summed E-state index contributed by atoms with van der Waals surface area (Å²) in [6.07, 6.45) is 9.83. The zero-order valence-corrected chi connectivity index (χ0v) is 23.5. The normalized spacial score (nSPS) is 11.8. The van der Waals surface area contributed by atoms with Gasteiger partial charge in [-0.2, -0.15) is 5.10 Å². The van der Waals surface area contributed by atoms with Crippen LogP contribution in [-0.4, -0.2) is 61.5 Å². The number of nitrogens with zero attached hydrogens (tertiary/aromatic N) is 5. The average Bonchev–Trinajstić information content (AvgIpc) is 3.59. The highest BCUT2D eigenvalue weighted by Gasteiger charge is 2.18. The molecule has 5 heterocycles. The number of benzene rings is 1. The Morgan fingerprint density at radius 2 is 1.81 bits per heavy atom. The van der Waals surface area contributed by atoms with E-state index in [0.717, 1.165) is 11.6 Å². The Balaban J connectivity index is 1.39. The summed E-state index contributed by atoms with van der Waals surface area (Å²) in [4.78, 5) is 33.0. The molecule has 0 spiro atoms. The molecule has 13 heteroatoms. The van der Waals surface area contributed by atoms with Crippen LogP contribution < -0.4 is 5.32 Å². The molecule has 0 bridgehead atoms. The van der Waals surface area contributed by atoms with Gasteiger partial charge in [-0.3, -0.25) is 24.8 Å². The van der Waals surface area contributed by atoms with Crippen molar-refractivity contribution in [3.05, 3.63) is 72.7 Å². The number of aryl methyl sites for hydroxylation is 1.